The standard InChI is InChI=1S/C15H12BrClFNO/c1-19(9-10-5-7-11(17)8-6-10)15(20)12-3-2-4-13(16)14(12)18/h2-8H,9H2,1H3. The first-order valence-corrected chi connectivity index (χ1v) is 7.10. The lowest BCUT2D eigenvalue weighted by molar-refractivity contribution is 0.0780. The number of rotatable bonds is 3. The summed E-state index contributed by atoms with van der Waals surface area (Å²) in [6.45, 7) is 0.391. The van der Waals surface area contributed by atoms with Crippen molar-refractivity contribution in [1.29, 1.82) is 0 Å². The summed E-state index contributed by atoms with van der Waals surface area (Å²) in [5.74, 6) is -0.904. The number of hydrogen-bond donors (Lipinski definition) is 0. The van der Waals surface area contributed by atoms with Gasteiger partial charge in [-0.2, -0.15) is 0 Å². The highest BCUT2D eigenvalue weighted by atomic mass is 79.9. The maximum Gasteiger partial charge on any atom is 0.256 e. The van der Waals surface area contributed by atoms with Crippen molar-refractivity contribution in [2.24, 2.45) is 0 Å². The molecule has 2 aromatic carbocycles. The molecule has 2 nitrogen and oxygen atoms in total. The lowest BCUT2D eigenvalue weighted by Crippen LogP contribution is -2.27. The van der Waals surface area contributed by atoms with Crippen molar-refractivity contribution in [3.63, 3.8) is 0 Å². The van der Waals surface area contributed by atoms with Crippen molar-refractivity contribution < 1.29 is 9.18 Å². The molecule has 20 heavy (non-hydrogen) atoms. The maximum atomic E-state index is 13.9. The van der Waals surface area contributed by atoms with E-state index in [0.717, 1.165) is 5.56 Å². The quantitative estimate of drug-likeness (QED) is 0.792. The molecule has 0 heterocycles. The van der Waals surface area contributed by atoms with Crippen LogP contribution in [0, 0.1) is 5.82 Å². The van der Waals surface area contributed by atoms with Gasteiger partial charge < -0.3 is 4.90 Å². The number of halogens is 3. The number of carbonyl (C=O) groups is 1. The minimum atomic E-state index is -0.541. The molecule has 5 heteroatoms. The third kappa shape index (κ3) is 3.38. The van der Waals surface area contributed by atoms with Crippen LogP contribution >= 0.6 is 27.5 Å². The molecule has 0 saturated carbocycles. The second-order valence-electron chi connectivity index (χ2n) is 4.39. The topological polar surface area (TPSA) is 20.3 Å². The summed E-state index contributed by atoms with van der Waals surface area (Å²) in [6, 6.07) is 11.9. The summed E-state index contributed by atoms with van der Waals surface area (Å²) in [5.41, 5.74) is 0.983. The van der Waals surface area contributed by atoms with Gasteiger partial charge in [0.15, 0.2) is 0 Å². The van der Waals surface area contributed by atoms with E-state index >= 15 is 0 Å². The second kappa shape index (κ2) is 6.37. The zero-order chi connectivity index (χ0) is 14.7. The number of nitrogens with zero attached hydrogens (tertiary/aromatic N) is 1. The largest absolute Gasteiger partial charge is 0.337 e. The molecule has 0 aliphatic heterocycles. The SMILES string of the molecule is CN(Cc1ccc(Cl)cc1)C(=O)c1cccc(Br)c1F. The van der Waals surface area contributed by atoms with Gasteiger partial charge in [-0.3, -0.25) is 4.79 Å². The average molecular weight is 357 g/mol. The summed E-state index contributed by atoms with van der Waals surface area (Å²) in [5, 5.41) is 0.640. The molecule has 2 aromatic rings. The fourth-order valence-corrected chi connectivity index (χ4v) is 2.30. The highest BCUT2D eigenvalue weighted by Gasteiger charge is 2.17. The lowest BCUT2D eigenvalue weighted by atomic mass is 10.1. The number of benzene rings is 2. The Morgan fingerprint density at radius 3 is 2.55 bits per heavy atom. The Morgan fingerprint density at radius 1 is 1.25 bits per heavy atom. The molecule has 0 N–H and O–H groups in total. The predicted octanol–water partition coefficient (Wildman–Crippen LogP) is 4.51. The van der Waals surface area contributed by atoms with E-state index in [0.29, 0.717) is 11.6 Å². The van der Waals surface area contributed by atoms with Crippen LogP contribution < -0.4 is 0 Å². The molecule has 1 amide bonds. The lowest BCUT2D eigenvalue weighted by Gasteiger charge is -2.18. The minimum Gasteiger partial charge on any atom is -0.337 e. The normalized spacial score (nSPS) is 10.4. The van der Waals surface area contributed by atoms with E-state index in [-0.39, 0.29) is 15.9 Å². The molecule has 0 aromatic heterocycles. The highest BCUT2D eigenvalue weighted by molar-refractivity contribution is 9.10. The van der Waals surface area contributed by atoms with Crippen LogP contribution in [0.5, 0.6) is 0 Å². The zero-order valence-corrected chi connectivity index (χ0v) is 13.1. The van der Waals surface area contributed by atoms with Gasteiger partial charge in [-0.25, -0.2) is 4.39 Å². The fraction of sp³-hybridized carbons (Fsp3) is 0.133. The summed E-state index contributed by atoms with van der Waals surface area (Å²) < 4.78 is 14.2. The van der Waals surface area contributed by atoms with E-state index in [2.05, 4.69) is 15.9 Å². The van der Waals surface area contributed by atoms with Crippen LogP contribution in [-0.2, 0) is 6.54 Å². The Labute approximate surface area is 130 Å². The Kier molecular flexibility index (Phi) is 4.78. The van der Waals surface area contributed by atoms with Crippen LogP contribution in [0.4, 0.5) is 4.39 Å². The van der Waals surface area contributed by atoms with Crippen molar-refractivity contribution in [3.05, 3.63) is 68.9 Å². The molecular weight excluding hydrogens is 345 g/mol. The van der Waals surface area contributed by atoms with Crippen LogP contribution in [-0.4, -0.2) is 17.9 Å². The van der Waals surface area contributed by atoms with Crippen LogP contribution in [0.2, 0.25) is 5.02 Å². The van der Waals surface area contributed by atoms with Gasteiger partial charge in [0, 0.05) is 18.6 Å². The number of carbonyl (C=O) groups excluding carboxylic acids is 1. The zero-order valence-electron chi connectivity index (χ0n) is 10.7. The van der Waals surface area contributed by atoms with Crippen molar-refractivity contribution >= 4 is 33.4 Å². The van der Waals surface area contributed by atoms with E-state index in [1.54, 1.807) is 31.3 Å². The van der Waals surface area contributed by atoms with E-state index in [1.165, 1.54) is 11.0 Å². The van der Waals surface area contributed by atoms with Crippen molar-refractivity contribution in [3.8, 4) is 0 Å². The first-order valence-electron chi connectivity index (χ1n) is 5.93. The molecule has 0 bridgehead atoms. The monoisotopic (exact) mass is 355 g/mol. The third-order valence-corrected chi connectivity index (χ3v) is 3.73. The second-order valence-corrected chi connectivity index (χ2v) is 5.68. The molecule has 0 spiro atoms. The molecule has 0 fully saturated rings. The van der Waals surface area contributed by atoms with Crippen molar-refractivity contribution in [1.82, 2.24) is 4.90 Å². The van der Waals surface area contributed by atoms with E-state index in [4.69, 9.17) is 11.6 Å². The van der Waals surface area contributed by atoms with Gasteiger partial charge in [-0.1, -0.05) is 29.8 Å². The molecule has 0 saturated heterocycles. The van der Waals surface area contributed by atoms with E-state index in [9.17, 15) is 9.18 Å². The summed E-state index contributed by atoms with van der Waals surface area (Å²) in [6.07, 6.45) is 0. The first-order chi connectivity index (χ1) is 9.49. The third-order valence-electron chi connectivity index (χ3n) is 2.86. The highest BCUT2D eigenvalue weighted by Crippen LogP contribution is 2.20. The smallest absolute Gasteiger partial charge is 0.256 e. The van der Waals surface area contributed by atoms with E-state index in [1.807, 2.05) is 12.1 Å². The van der Waals surface area contributed by atoms with Crippen molar-refractivity contribution in [2.45, 2.75) is 6.54 Å². The van der Waals surface area contributed by atoms with Gasteiger partial charge in [0.25, 0.3) is 5.91 Å². The average Bonchev–Trinajstić information content (AvgIpc) is 2.43. The Bertz CT molecular complexity index is 630. The van der Waals surface area contributed by atoms with Crippen molar-refractivity contribution in [2.75, 3.05) is 7.05 Å². The fourth-order valence-electron chi connectivity index (χ4n) is 1.81. The van der Waals surface area contributed by atoms with Gasteiger partial charge in [-0.05, 0) is 45.8 Å². The Hall–Kier alpha value is -1.39. The number of hydrogen-bond acceptors (Lipinski definition) is 1. The molecule has 2 rings (SSSR count). The van der Waals surface area contributed by atoms with Gasteiger partial charge >= 0.3 is 0 Å². The molecule has 104 valence electrons. The summed E-state index contributed by atoms with van der Waals surface area (Å²) >= 11 is 8.89. The first kappa shape index (κ1) is 15.0. The van der Waals surface area contributed by atoms with Gasteiger partial charge in [0.2, 0.25) is 0 Å². The van der Waals surface area contributed by atoms with Crippen LogP contribution in [0.15, 0.2) is 46.9 Å². The number of amides is 1. The van der Waals surface area contributed by atoms with Gasteiger partial charge in [-0.15, -0.1) is 0 Å². The molecule has 0 aliphatic carbocycles. The van der Waals surface area contributed by atoms with Gasteiger partial charge in [0.05, 0.1) is 10.0 Å². The van der Waals surface area contributed by atoms with Crippen LogP contribution in [0.25, 0.3) is 0 Å². The van der Waals surface area contributed by atoms with Crippen LogP contribution in [0.1, 0.15) is 15.9 Å². The molecule has 0 radical (unpaired) electrons. The predicted molar refractivity (Wildman–Crippen MR) is 81.3 cm³/mol. The molecule has 0 aliphatic rings. The molecule has 0 unspecified atom stereocenters. The van der Waals surface area contributed by atoms with E-state index < -0.39 is 5.82 Å². The Morgan fingerprint density at radius 2 is 1.90 bits per heavy atom. The molecule has 0 atom stereocenters. The summed E-state index contributed by atoms with van der Waals surface area (Å²) in [4.78, 5) is 13.7. The molecular formula is C15H12BrClFNO. The maximum absolute atomic E-state index is 13.9. The Balaban J connectivity index is 2.16. The summed E-state index contributed by atoms with van der Waals surface area (Å²) in [7, 11) is 1.64. The minimum absolute atomic E-state index is 0.0517. The van der Waals surface area contributed by atoms with Crippen LogP contribution in [0.3, 0.4) is 0 Å². The van der Waals surface area contributed by atoms with Gasteiger partial charge in [0.1, 0.15) is 5.82 Å².